The van der Waals surface area contributed by atoms with E-state index in [-0.39, 0.29) is 67.3 Å². The van der Waals surface area contributed by atoms with Crippen LogP contribution >= 0.6 is 0 Å². The number of hydrogen-bond donors (Lipinski definition) is 2. The molecule has 3 aliphatic rings. The summed E-state index contributed by atoms with van der Waals surface area (Å²) >= 11 is 0. The zero-order valence-corrected chi connectivity index (χ0v) is 35.5. The van der Waals surface area contributed by atoms with Gasteiger partial charge in [-0.2, -0.15) is 4.39 Å². The molecule has 3 aromatic heterocycles. The summed E-state index contributed by atoms with van der Waals surface area (Å²) in [6.07, 6.45) is 4.44. The predicted molar refractivity (Wildman–Crippen MR) is 198 cm³/mol. The number of ether oxygens (including phenoxy) is 4. The van der Waals surface area contributed by atoms with Crippen LogP contribution in [0, 0.1) is 23.4 Å². The van der Waals surface area contributed by atoms with Gasteiger partial charge in [0, 0.05) is 44.7 Å². The number of nitrogens with one attached hydrogen (secondary N) is 1. The molecule has 3 saturated heterocycles. The first kappa shape index (κ1) is 49.3. The van der Waals surface area contributed by atoms with Crippen molar-refractivity contribution in [3.8, 4) is 11.8 Å². The first-order valence-corrected chi connectivity index (χ1v) is 17.8. The fraction of sp³-hybridized carbons (Fsp3) is 0.553. The Bertz CT molecular complexity index is 1590. The minimum atomic E-state index is -1.00. The number of carbonyl (C=O) groups excluding carboxylic acids is 2. The van der Waals surface area contributed by atoms with Crippen molar-refractivity contribution >= 4 is 12.2 Å². The van der Waals surface area contributed by atoms with E-state index in [1.807, 2.05) is 41.5 Å². The summed E-state index contributed by atoms with van der Waals surface area (Å²) < 4.78 is 85.9. The molecule has 3 aromatic rings. The molecule has 13 nitrogen and oxygen atoms in total. The number of carbonyl (C=O) groups is 2. The standard InChI is InChI=1S/C14H19FN2O3.C9H11FN2O.C9H17NO3.C5H3F2N.CH3F.Na.H/c1-14(2,3)20-13(18)17-7-6-11(9-17)19-12-5-4-10(15)8-16-12;10-7-1-2-9(12-5-7)13-8-3-4-11-6-8;1-9(2,3)13-8(12)10-5-4-7(11)6-10;6-4-1-2-5(7)8-3-4;1-2;;/h4-5,8,11H,6-7,9H2,1-3H3;1-2,5,8,11H,3-4,6H2;7,11H,4-6H2,1-3H3;1-3H;1H3;;/q;;;;;+1;-1/t11-;8-;7-;;;;/m000..../s1/i;;;;1D;;. The number of aliphatic hydroxyl groups is 1. The Morgan fingerprint density at radius 3 is 1.58 bits per heavy atom. The van der Waals surface area contributed by atoms with Gasteiger partial charge in [-0.25, -0.2) is 37.7 Å². The Morgan fingerprint density at radius 1 is 0.754 bits per heavy atom. The number of hydrogen-bond acceptors (Lipinski definition) is 11. The third-order valence-corrected chi connectivity index (χ3v) is 7.29. The van der Waals surface area contributed by atoms with Crippen molar-refractivity contribution in [1.29, 1.82) is 0 Å². The quantitative estimate of drug-likeness (QED) is 0.226. The first-order valence-electron chi connectivity index (χ1n) is 18.5. The van der Waals surface area contributed by atoms with Crippen molar-refractivity contribution < 1.29 is 87.9 Å². The Balaban J connectivity index is 0.000000764. The van der Waals surface area contributed by atoms with Gasteiger partial charge in [-0.3, -0.25) is 4.39 Å². The van der Waals surface area contributed by atoms with E-state index in [1.54, 1.807) is 11.0 Å². The van der Waals surface area contributed by atoms with Crippen LogP contribution in [0.2, 0.25) is 0 Å². The minimum Gasteiger partial charge on any atom is -1.00 e. The molecule has 6 heterocycles. The topological polar surface area (TPSA) is 148 Å². The summed E-state index contributed by atoms with van der Waals surface area (Å²) in [5.74, 6) is -1.06. The van der Waals surface area contributed by atoms with Gasteiger partial charge in [-0.1, -0.05) is 0 Å². The summed E-state index contributed by atoms with van der Waals surface area (Å²) in [6, 6.07) is 7.66. The van der Waals surface area contributed by atoms with Gasteiger partial charge in [0.05, 0.1) is 39.8 Å². The van der Waals surface area contributed by atoms with Crippen LogP contribution in [0.5, 0.6) is 11.8 Å². The number of halogens is 5. The van der Waals surface area contributed by atoms with E-state index in [0.29, 0.717) is 50.8 Å². The summed E-state index contributed by atoms with van der Waals surface area (Å²) in [6.45, 7) is 14.8. The molecule has 2 amide bonds. The molecule has 3 atom stereocenters. The van der Waals surface area contributed by atoms with Gasteiger partial charge in [0.1, 0.15) is 40.9 Å². The van der Waals surface area contributed by atoms with E-state index >= 15 is 0 Å². The number of alkyl halides is 1. The number of aliphatic hydroxyl groups excluding tert-OH is 1. The molecular formula is C38H54F5N6NaO7. The molecule has 0 spiro atoms. The molecule has 0 bridgehead atoms. The van der Waals surface area contributed by atoms with Gasteiger partial charge >= 0.3 is 41.7 Å². The van der Waals surface area contributed by atoms with Crippen LogP contribution in [0.15, 0.2) is 55.0 Å². The van der Waals surface area contributed by atoms with Crippen molar-refractivity contribution in [2.45, 2.75) is 90.3 Å². The van der Waals surface area contributed by atoms with E-state index in [4.69, 9.17) is 20.3 Å². The number of nitrogens with zero attached hydrogens (tertiary/aromatic N) is 5. The fourth-order valence-electron chi connectivity index (χ4n) is 4.84. The molecule has 57 heavy (non-hydrogen) atoms. The van der Waals surface area contributed by atoms with Gasteiger partial charge in [-0.15, -0.1) is 0 Å². The molecule has 6 rings (SSSR count). The second-order valence-electron chi connectivity index (χ2n) is 14.5. The molecule has 3 aliphatic heterocycles. The van der Waals surface area contributed by atoms with Crippen molar-refractivity contribution in [3.05, 3.63) is 78.4 Å². The van der Waals surface area contributed by atoms with Crippen molar-refractivity contribution in [3.63, 3.8) is 0 Å². The monoisotopic (exact) mass is 825 g/mol. The molecule has 19 heteroatoms. The third-order valence-electron chi connectivity index (χ3n) is 7.29. The summed E-state index contributed by atoms with van der Waals surface area (Å²) in [4.78, 5) is 37.1. The van der Waals surface area contributed by atoms with Crippen LogP contribution < -0.4 is 44.3 Å². The van der Waals surface area contributed by atoms with Crippen LogP contribution in [0.25, 0.3) is 0 Å². The number of β-amino-alcohol motifs (C(OH)–C–C–N with tert-alkyl or cyclic N) is 1. The maximum atomic E-state index is 12.7. The van der Waals surface area contributed by atoms with Gasteiger partial charge in [0.25, 0.3) is 0 Å². The predicted octanol–water partition coefficient (Wildman–Crippen LogP) is 3.62. The fourth-order valence-corrected chi connectivity index (χ4v) is 4.84. The van der Waals surface area contributed by atoms with E-state index < -0.39 is 35.9 Å². The first-order chi connectivity index (χ1) is 26.8. The zero-order valence-electron chi connectivity index (χ0n) is 35.5. The smallest absolute Gasteiger partial charge is 1.00 e. The van der Waals surface area contributed by atoms with Crippen LogP contribution in [-0.2, 0) is 9.47 Å². The van der Waals surface area contributed by atoms with Crippen LogP contribution in [0.1, 0.15) is 63.6 Å². The summed E-state index contributed by atoms with van der Waals surface area (Å²) in [7, 11) is -1.00. The van der Waals surface area contributed by atoms with Crippen molar-refractivity contribution in [2.24, 2.45) is 0 Å². The van der Waals surface area contributed by atoms with E-state index in [9.17, 15) is 36.6 Å². The maximum Gasteiger partial charge on any atom is 1.00 e. The molecular weight excluding hydrogens is 770 g/mol. The Labute approximate surface area is 355 Å². The summed E-state index contributed by atoms with van der Waals surface area (Å²) in [5, 5.41) is 12.4. The SMILES string of the molecule is CC(C)(C)OC(=O)N1CC[C@H](O)C1.CC(C)(C)OC(=O)N1CC[C@H](Oc2ccc(F)cn2)C1.Fc1ccc(F)nc1.Fc1ccc(O[C@H]2CCNC2)nc1.[2H]CF.[H-].[Na+]. The maximum absolute atomic E-state index is 12.7. The number of rotatable bonds is 4. The number of likely N-dealkylation sites (tertiary alicyclic amines) is 2. The summed E-state index contributed by atoms with van der Waals surface area (Å²) in [5.41, 5.74) is -0.959. The Morgan fingerprint density at radius 2 is 1.21 bits per heavy atom. The minimum absolute atomic E-state index is 0. The van der Waals surface area contributed by atoms with E-state index in [0.717, 1.165) is 50.2 Å². The number of pyridine rings is 3. The van der Waals surface area contributed by atoms with Gasteiger partial charge in [-0.05, 0) is 85.2 Å². The van der Waals surface area contributed by atoms with E-state index in [1.165, 1.54) is 23.1 Å². The van der Waals surface area contributed by atoms with Gasteiger partial charge < -0.3 is 40.6 Å². The molecule has 0 aromatic carbocycles. The molecule has 3 fully saturated rings. The zero-order chi connectivity index (χ0) is 42.6. The van der Waals surface area contributed by atoms with Gasteiger partial charge in [0.2, 0.25) is 17.7 Å². The third kappa shape index (κ3) is 22.0. The van der Waals surface area contributed by atoms with Crippen molar-refractivity contribution in [2.75, 3.05) is 46.4 Å². The van der Waals surface area contributed by atoms with Gasteiger partial charge in [0.15, 0.2) is 0 Å². The van der Waals surface area contributed by atoms with E-state index in [2.05, 4.69) is 20.3 Å². The second kappa shape index (κ2) is 25.5. The Hall–Kier alpha value is -3.84. The largest absolute Gasteiger partial charge is 1.00 e. The average molecular weight is 826 g/mol. The Kier molecular flexibility index (Phi) is 22.1. The molecule has 0 saturated carbocycles. The molecule has 0 unspecified atom stereocenters. The number of amides is 2. The van der Waals surface area contributed by atoms with Crippen molar-refractivity contribution in [1.82, 2.24) is 30.1 Å². The van der Waals surface area contributed by atoms with Crippen LogP contribution in [0.4, 0.5) is 31.5 Å². The normalized spacial score (nSPS) is 18.6. The second-order valence-corrected chi connectivity index (χ2v) is 14.5. The molecule has 0 radical (unpaired) electrons. The van der Waals surface area contributed by atoms with Crippen LogP contribution in [0.3, 0.4) is 0 Å². The number of aromatic nitrogens is 3. The molecule has 2 N–H and O–H groups in total. The molecule has 0 aliphatic carbocycles. The molecule has 314 valence electrons. The average Bonchev–Trinajstić information content (AvgIpc) is 3.92. The van der Waals surface area contributed by atoms with Crippen LogP contribution in [-0.4, -0.2) is 118 Å².